The van der Waals surface area contributed by atoms with Crippen LogP contribution in [0.15, 0.2) is 60.0 Å². The smallest absolute Gasteiger partial charge is 0.391 e. The molecular formula is C25H24F4N4O3S. The van der Waals surface area contributed by atoms with Gasteiger partial charge in [-0.05, 0) is 37.1 Å². The molecule has 0 unspecified atom stereocenters. The predicted octanol–water partition coefficient (Wildman–Crippen LogP) is 4.82. The second-order valence-corrected chi connectivity index (χ2v) is 11.2. The third-order valence-corrected chi connectivity index (χ3v) is 8.58. The van der Waals surface area contributed by atoms with E-state index in [-0.39, 0.29) is 37.4 Å². The van der Waals surface area contributed by atoms with Crippen LogP contribution in [0.25, 0.3) is 0 Å². The highest BCUT2D eigenvalue weighted by Crippen LogP contribution is 2.48. The van der Waals surface area contributed by atoms with E-state index in [2.05, 4.69) is 15.0 Å². The number of ether oxygens (including phenoxy) is 1. The number of sulfone groups is 1. The zero-order valence-electron chi connectivity index (χ0n) is 19.6. The van der Waals surface area contributed by atoms with Gasteiger partial charge in [-0.25, -0.2) is 22.8 Å². The van der Waals surface area contributed by atoms with Crippen LogP contribution >= 0.6 is 0 Å². The summed E-state index contributed by atoms with van der Waals surface area (Å²) >= 11 is 0. The summed E-state index contributed by atoms with van der Waals surface area (Å²) in [7, 11) is -4.09. The molecule has 196 valence electrons. The van der Waals surface area contributed by atoms with E-state index in [0.717, 1.165) is 6.07 Å². The number of aromatic nitrogens is 3. The molecule has 12 heteroatoms. The number of hydrogen-bond acceptors (Lipinski definition) is 7. The lowest BCUT2D eigenvalue weighted by Gasteiger charge is -2.45. The standard InChI is InChI=1S/C25H24F4N4O3S/c26-19-12-18-21(33-9-5-16(25(27,28)29)11-22(33)20-3-1-2-7-31-20)6-10-36-23(18)13-24(19)37(34,35)14-17-4-8-30-15-32-17/h1-4,7-8,12-13,15-16,21-22H,5-6,9-11,14H2/t16-,21+,22+/m1/s1. The maximum atomic E-state index is 15.3. The van der Waals surface area contributed by atoms with Crippen LogP contribution < -0.4 is 4.74 Å². The van der Waals surface area contributed by atoms with Gasteiger partial charge in [0.1, 0.15) is 22.8 Å². The van der Waals surface area contributed by atoms with Crippen molar-refractivity contribution in [3.8, 4) is 5.75 Å². The first kappa shape index (κ1) is 25.5. The number of likely N-dealkylation sites (tertiary alicyclic amines) is 1. The SMILES string of the molecule is O=S(=O)(Cc1ccncn1)c1cc2c(cc1F)[C@@H](N1CC[C@@H](C(F)(F)F)C[C@H]1c1ccccn1)CCO2. The van der Waals surface area contributed by atoms with Crippen molar-refractivity contribution in [1.29, 1.82) is 0 Å². The van der Waals surface area contributed by atoms with E-state index < -0.39 is 50.5 Å². The van der Waals surface area contributed by atoms with E-state index >= 15 is 4.39 Å². The fourth-order valence-electron chi connectivity index (χ4n) is 5.15. The highest BCUT2D eigenvalue weighted by atomic mass is 32.2. The minimum Gasteiger partial charge on any atom is -0.493 e. The van der Waals surface area contributed by atoms with Crippen molar-refractivity contribution in [2.24, 2.45) is 5.92 Å². The van der Waals surface area contributed by atoms with Gasteiger partial charge in [0.2, 0.25) is 0 Å². The third-order valence-electron chi connectivity index (χ3n) is 6.92. The van der Waals surface area contributed by atoms with Gasteiger partial charge in [0.25, 0.3) is 0 Å². The molecule has 5 rings (SSSR count). The van der Waals surface area contributed by atoms with E-state index in [1.165, 1.54) is 30.9 Å². The van der Waals surface area contributed by atoms with E-state index in [1.54, 1.807) is 18.2 Å². The lowest BCUT2D eigenvalue weighted by atomic mass is 9.85. The first-order valence-electron chi connectivity index (χ1n) is 11.8. The normalized spacial score (nSPS) is 22.8. The Morgan fingerprint density at radius 3 is 2.59 bits per heavy atom. The molecule has 1 fully saturated rings. The molecule has 2 aliphatic heterocycles. The summed E-state index contributed by atoms with van der Waals surface area (Å²) in [5, 5.41) is 0. The number of rotatable bonds is 5. The molecule has 2 aromatic heterocycles. The average Bonchev–Trinajstić information content (AvgIpc) is 2.88. The summed E-state index contributed by atoms with van der Waals surface area (Å²) in [6.45, 7) is 0.341. The summed E-state index contributed by atoms with van der Waals surface area (Å²) < 4.78 is 87.9. The van der Waals surface area contributed by atoms with Crippen LogP contribution in [-0.2, 0) is 15.6 Å². The molecule has 1 aromatic carbocycles. The van der Waals surface area contributed by atoms with Crippen molar-refractivity contribution in [3.05, 3.63) is 77.9 Å². The Balaban J connectivity index is 1.49. The van der Waals surface area contributed by atoms with Crippen LogP contribution in [0.3, 0.4) is 0 Å². The van der Waals surface area contributed by atoms with Gasteiger partial charge in [0, 0.05) is 43.0 Å². The number of alkyl halides is 3. The summed E-state index contributed by atoms with van der Waals surface area (Å²) in [4.78, 5) is 13.4. The maximum Gasteiger partial charge on any atom is 0.391 e. The van der Waals surface area contributed by atoms with Gasteiger partial charge >= 0.3 is 6.18 Å². The molecule has 0 bridgehead atoms. The summed E-state index contributed by atoms with van der Waals surface area (Å²) in [5.74, 6) is -2.72. The van der Waals surface area contributed by atoms with Crippen molar-refractivity contribution >= 4 is 9.84 Å². The van der Waals surface area contributed by atoms with Crippen molar-refractivity contribution < 1.29 is 30.7 Å². The molecule has 7 nitrogen and oxygen atoms in total. The van der Waals surface area contributed by atoms with Gasteiger partial charge in [0.15, 0.2) is 9.84 Å². The summed E-state index contributed by atoms with van der Waals surface area (Å²) in [6, 6.07) is 7.76. The predicted molar refractivity (Wildman–Crippen MR) is 125 cm³/mol. The third kappa shape index (κ3) is 5.30. The zero-order valence-corrected chi connectivity index (χ0v) is 20.4. The summed E-state index contributed by atoms with van der Waals surface area (Å²) in [6.07, 6.45) is -0.0205. The second kappa shape index (κ2) is 9.97. The van der Waals surface area contributed by atoms with Crippen LogP contribution in [0, 0.1) is 11.7 Å². The van der Waals surface area contributed by atoms with Crippen molar-refractivity contribution in [1.82, 2.24) is 19.9 Å². The lowest BCUT2D eigenvalue weighted by Crippen LogP contribution is -2.44. The molecule has 37 heavy (non-hydrogen) atoms. The van der Waals surface area contributed by atoms with E-state index in [9.17, 15) is 21.6 Å². The van der Waals surface area contributed by atoms with Gasteiger partial charge in [-0.15, -0.1) is 0 Å². The Hall–Kier alpha value is -3.12. The quantitative estimate of drug-likeness (QED) is 0.432. The topological polar surface area (TPSA) is 85.3 Å². The van der Waals surface area contributed by atoms with Crippen LogP contribution in [-0.4, -0.2) is 47.6 Å². The van der Waals surface area contributed by atoms with E-state index in [0.29, 0.717) is 17.7 Å². The number of halogens is 4. The monoisotopic (exact) mass is 536 g/mol. The number of fused-ring (bicyclic) bond motifs is 1. The van der Waals surface area contributed by atoms with Crippen LogP contribution in [0.2, 0.25) is 0 Å². The first-order chi connectivity index (χ1) is 17.6. The van der Waals surface area contributed by atoms with Gasteiger partial charge < -0.3 is 4.74 Å². The fourth-order valence-corrected chi connectivity index (χ4v) is 6.51. The van der Waals surface area contributed by atoms with Gasteiger partial charge in [-0.3, -0.25) is 9.88 Å². The minimum atomic E-state index is -4.33. The van der Waals surface area contributed by atoms with Crippen molar-refractivity contribution in [2.45, 2.75) is 48.2 Å². The fraction of sp³-hybridized carbons (Fsp3) is 0.400. The van der Waals surface area contributed by atoms with Crippen LogP contribution in [0.5, 0.6) is 5.75 Å². The molecule has 0 N–H and O–H groups in total. The molecule has 1 saturated heterocycles. The average molecular weight is 537 g/mol. The molecule has 0 spiro atoms. The number of hydrogen-bond donors (Lipinski definition) is 0. The lowest BCUT2D eigenvalue weighted by molar-refractivity contribution is -0.192. The first-order valence-corrected chi connectivity index (χ1v) is 13.5. The molecule has 3 atom stereocenters. The highest BCUT2D eigenvalue weighted by Gasteiger charge is 2.47. The Labute approximate surface area is 211 Å². The minimum absolute atomic E-state index is 0.0899. The van der Waals surface area contributed by atoms with Gasteiger partial charge in [-0.1, -0.05) is 6.07 Å². The molecule has 0 aliphatic carbocycles. The molecule has 4 heterocycles. The van der Waals surface area contributed by atoms with Gasteiger partial charge in [0.05, 0.1) is 35.7 Å². The highest BCUT2D eigenvalue weighted by molar-refractivity contribution is 7.90. The molecule has 3 aromatic rings. The Morgan fingerprint density at radius 1 is 1.05 bits per heavy atom. The van der Waals surface area contributed by atoms with Crippen molar-refractivity contribution in [2.75, 3.05) is 13.2 Å². The molecular weight excluding hydrogens is 512 g/mol. The van der Waals surface area contributed by atoms with Crippen LogP contribution in [0.4, 0.5) is 17.6 Å². The Bertz CT molecular complexity index is 1360. The molecule has 0 amide bonds. The largest absolute Gasteiger partial charge is 0.493 e. The number of benzene rings is 1. The Morgan fingerprint density at radius 2 is 1.89 bits per heavy atom. The number of nitrogens with zero attached hydrogens (tertiary/aromatic N) is 4. The second-order valence-electron chi connectivity index (χ2n) is 9.20. The number of pyridine rings is 1. The molecule has 0 radical (unpaired) electrons. The number of piperidine rings is 1. The van der Waals surface area contributed by atoms with E-state index in [4.69, 9.17) is 4.74 Å². The zero-order chi connectivity index (χ0) is 26.2. The summed E-state index contributed by atoms with van der Waals surface area (Å²) in [5.41, 5.74) is 1.14. The maximum absolute atomic E-state index is 15.3. The molecule has 0 saturated carbocycles. The molecule has 2 aliphatic rings. The van der Waals surface area contributed by atoms with E-state index in [1.807, 2.05) is 4.90 Å². The Kier molecular flexibility index (Phi) is 6.88. The van der Waals surface area contributed by atoms with Crippen molar-refractivity contribution in [3.63, 3.8) is 0 Å². The van der Waals surface area contributed by atoms with Gasteiger partial charge in [-0.2, -0.15) is 13.2 Å². The van der Waals surface area contributed by atoms with Crippen LogP contribution in [0.1, 0.15) is 48.3 Å².